The molecule has 14 heavy (non-hydrogen) atoms. The van der Waals surface area contributed by atoms with Crippen LogP contribution in [0.1, 0.15) is 17.4 Å². The van der Waals surface area contributed by atoms with E-state index in [0.717, 1.165) is 0 Å². The molecule has 1 rings (SSSR count). The van der Waals surface area contributed by atoms with Crippen molar-refractivity contribution in [3.63, 3.8) is 0 Å². The van der Waals surface area contributed by atoms with E-state index >= 15 is 0 Å². The third-order valence-electron chi connectivity index (χ3n) is 1.54. The highest BCUT2D eigenvalue weighted by atomic mass is 19.1. The maximum atomic E-state index is 12.1. The first-order chi connectivity index (χ1) is 6.63. The zero-order valence-electron chi connectivity index (χ0n) is 7.74. The summed E-state index contributed by atoms with van der Waals surface area (Å²) in [6.45, 7) is 0.999. The van der Waals surface area contributed by atoms with E-state index in [1.807, 2.05) is 0 Å². The third-order valence-corrected chi connectivity index (χ3v) is 1.54. The van der Waals surface area contributed by atoms with Gasteiger partial charge in [-0.3, -0.25) is 9.78 Å². The van der Waals surface area contributed by atoms with Crippen LogP contribution in [0.5, 0.6) is 5.75 Å². The number of hydrogen-bond donors (Lipinski definition) is 1. The van der Waals surface area contributed by atoms with Crippen molar-refractivity contribution in [2.24, 2.45) is 5.73 Å². The Morgan fingerprint density at radius 1 is 1.79 bits per heavy atom. The van der Waals surface area contributed by atoms with E-state index in [0.29, 0.717) is 5.75 Å². The van der Waals surface area contributed by atoms with Gasteiger partial charge in [-0.1, -0.05) is 0 Å². The van der Waals surface area contributed by atoms with E-state index in [1.165, 1.54) is 12.3 Å². The number of aromatic nitrogens is 1. The summed E-state index contributed by atoms with van der Waals surface area (Å²) in [5.41, 5.74) is 5.12. The molecule has 0 radical (unpaired) electrons. The summed E-state index contributed by atoms with van der Waals surface area (Å²) in [5, 5.41) is 0. The van der Waals surface area contributed by atoms with E-state index in [-0.39, 0.29) is 5.69 Å². The van der Waals surface area contributed by atoms with Gasteiger partial charge in [0, 0.05) is 12.3 Å². The van der Waals surface area contributed by atoms with Gasteiger partial charge < -0.3 is 10.5 Å². The summed E-state index contributed by atoms with van der Waals surface area (Å²) in [5.74, 6) is -0.248. The van der Waals surface area contributed by atoms with Crippen molar-refractivity contribution in [2.75, 3.05) is 6.67 Å². The number of primary amides is 1. The third kappa shape index (κ3) is 2.69. The lowest BCUT2D eigenvalue weighted by molar-refractivity contribution is 0.0994. The molecule has 1 aromatic rings. The topological polar surface area (TPSA) is 65.2 Å². The Kier molecular flexibility index (Phi) is 3.39. The Balaban J connectivity index is 2.78. The number of carbonyl (C=O) groups excluding carboxylic acids is 1. The number of ether oxygens (including phenoxy) is 1. The highest BCUT2D eigenvalue weighted by molar-refractivity contribution is 5.91. The van der Waals surface area contributed by atoms with Crippen molar-refractivity contribution in [2.45, 2.75) is 13.0 Å². The molecule has 1 heterocycles. The van der Waals surface area contributed by atoms with Crippen molar-refractivity contribution in [3.8, 4) is 5.75 Å². The molecule has 5 heteroatoms. The zero-order chi connectivity index (χ0) is 10.6. The number of nitrogens with zero attached hydrogens (tertiary/aromatic N) is 1. The Morgan fingerprint density at radius 3 is 3.07 bits per heavy atom. The molecule has 0 aliphatic rings. The fourth-order valence-electron chi connectivity index (χ4n) is 0.883. The Hall–Kier alpha value is -1.65. The monoisotopic (exact) mass is 198 g/mol. The minimum absolute atomic E-state index is 0.105. The summed E-state index contributed by atoms with van der Waals surface area (Å²) >= 11 is 0. The molecule has 4 nitrogen and oxygen atoms in total. The first-order valence-electron chi connectivity index (χ1n) is 4.12. The number of amides is 1. The van der Waals surface area contributed by atoms with Gasteiger partial charge >= 0.3 is 0 Å². The molecule has 0 unspecified atom stereocenters. The van der Waals surface area contributed by atoms with Crippen molar-refractivity contribution in [3.05, 3.63) is 24.0 Å². The molecule has 2 N–H and O–H groups in total. The fourth-order valence-corrected chi connectivity index (χ4v) is 0.883. The van der Waals surface area contributed by atoms with Gasteiger partial charge in [-0.2, -0.15) is 0 Å². The Bertz CT molecular complexity index is 330. The van der Waals surface area contributed by atoms with Crippen LogP contribution in [0, 0.1) is 0 Å². The molecular weight excluding hydrogens is 187 g/mol. The van der Waals surface area contributed by atoms with E-state index < -0.39 is 18.7 Å². The van der Waals surface area contributed by atoms with Crippen molar-refractivity contribution in [1.82, 2.24) is 4.98 Å². The van der Waals surface area contributed by atoms with Crippen molar-refractivity contribution >= 4 is 5.91 Å². The smallest absolute Gasteiger partial charge is 0.267 e. The van der Waals surface area contributed by atoms with Crippen molar-refractivity contribution < 1.29 is 13.9 Å². The van der Waals surface area contributed by atoms with Gasteiger partial charge in [-0.25, -0.2) is 4.39 Å². The molecule has 1 amide bonds. The van der Waals surface area contributed by atoms with Crippen LogP contribution in [0.15, 0.2) is 18.3 Å². The molecule has 1 aromatic heterocycles. The molecule has 76 valence electrons. The van der Waals surface area contributed by atoms with E-state index in [4.69, 9.17) is 10.5 Å². The van der Waals surface area contributed by atoms with Gasteiger partial charge in [-0.15, -0.1) is 0 Å². The minimum atomic E-state index is -0.636. The molecule has 0 saturated heterocycles. The molecule has 0 aromatic carbocycles. The minimum Gasteiger partial charge on any atom is -0.488 e. The van der Waals surface area contributed by atoms with E-state index in [9.17, 15) is 9.18 Å². The number of rotatable bonds is 4. The molecule has 0 bridgehead atoms. The van der Waals surface area contributed by atoms with Crippen LogP contribution in [0.25, 0.3) is 0 Å². The van der Waals surface area contributed by atoms with Crippen molar-refractivity contribution in [1.29, 1.82) is 0 Å². The quantitative estimate of drug-likeness (QED) is 0.782. The number of hydrogen-bond acceptors (Lipinski definition) is 3. The zero-order valence-corrected chi connectivity index (χ0v) is 7.74. The van der Waals surface area contributed by atoms with E-state index in [1.54, 1.807) is 13.0 Å². The highest BCUT2D eigenvalue weighted by Crippen LogP contribution is 2.12. The lowest BCUT2D eigenvalue weighted by Crippen LogP contribution is -2.16. The maximum absolute atomic E-state index is 12.1. The summed E-state index contributed by atoms with van der Waals surface area (Å²) in [4.78, 5) is 14.5. The Morgan fingerprint density at radius 2 is 2.50 bits per heavy atom. The molecule has 0 fully saturated rings. The van der Waals surface area contributed by atoms with Gasteiger partial charge in [-0.05, 0) is 13.0 Å². The van der Waals surface area contributed by atoms with Crippen LogP contribution in [-0.4, -0.2) is 23.7 Å². The molecule has 1 atom stereocenters. The number of pyridine rings is 1. The van der Waals surface area contributed by atoms with Gasteiger partial charge in [0.15, 0.2) is 0 Å². The molecule has 0 saturated carbocycles. The molecular formula is C9H11FN2O2. The maximum Gasteiger partial charge on any atom is 0.267 e. The van der Waals surface area contributed by atoms with Gasteiger partial charge in [0.25, 0.3) is 5.91 Å². The normalized spacial score (nSPS) is 12.1. The average Bonchev–Trinajstić information content (AvgIpc) is 2.18. The second-order valence-electron chi connectivity index (χ2n) is 2.82. The first kappa shape index (κ1) is 10.4. The van der Waals surface area contributed by atoms with E-state index in [2.05, 4.69) is 4.98 Å². The predicted molar refractivity (Wildman–Crippen MR) is 48.8 cm³/mol. The lowest BCUT2D eigenvalue weighted by atomic mass is 10.3. The largest absolute Gasteiger partial charge is 0.488 e. The van der Waals surface area contributed by atoms with Crippen LogP contribution >= 0.6 is 0 Å². The number of alkyl halides is 1. The highest BCUT2D eigenvalue weighted by Gasteiger charge is 2.06. The Labute approximate surface area is 80.9 Å². The number of halogens is 1. The predicted octanol–water partition coefficient (Wildman–Crippen LogP) is 0.917. The van der Waals surface area contributed by atoms with Crippen LogP contribution in [-0.2, 0) is 0 Å². The lowest BCUT2D eigenvalue weighted by Gasteiger charge is -2.10. The van der Waals surface area contributed by atoms with Crippen LogP contribution < -0.4 is 10.5 Å². The van der Waals surface area contributed by atoms with Crippen LogP contribution in [0.2, 0.25) is 0 Å². The van der Waals surface area contributed by atoms with Crippen LogP contribution in [0.3, 0.4) is 0 Å². The molecule has 0 spiro atoms. The summed E-state index contributed by atoms with van der Waals surface area (Å²) in [6.07, 6.45) is 0.846. The van der Waals surface area contributed by atoms with Crippen LogP contribution in [0.4, 0.5) is 4.39 Å². The second-order valence-corrected chi connectivity index (χ2v) is 2.82. The van der Waals surface area contributed by atoms with Gasteiger partial charge in [0.1, 0.15) is 24.2 Å². The standard InChI is InChI=1S/C9H11FN2O2/c1-6(5-10)14-7-2-3-12-8(4-7)9(11)13/h2-4,6H,5H2,1H3,(H2,11,13)/t6-/m0/s1. The summed E-state index contributed by atoms with van der Waals surface area (Å²) in [6, 6.07) is 2.92. The number of carbonyl (C=O) groups is 1. The molecule has 0 aliphatic carbocycles. The molecule has 0 aliphatic heterocycles. The summed E-state index contributed by atoms with van der Waals surface area (Å²) < 4.78 is 17.2. The van der Waals surface area contributed by atoms with Gasteiger partial charge in [0.2, 0.25) is 0 Å². The first-order valence-corrected chi connectivity index (χ1v) is 4.12. The second kappa shape index (κ2) is 4.55. The number of nitrogens with two attached hydrogens (primary N) is 1. The SMILES string of the molecule is C[C@@H](CF)Oc1ccnc(C(N)=O)c1. The average molecular weight is 198 g/mol. The van der Waals surface area contributed by atoms with Gasteiger partial charge in [0.05, 0.1) is 0 Å². The summed E-state index contributed by atoms with van der Waals surface area (Å²) in [7, 11) is 0. The fraction of sp³-hybridized carbons (Fsp3) is 0.333.